The first-order valence-corrected chi connectivity index (χ1v) is 8.65. The minimum Gasteiger partial charge on any atom is -0.361 e. The Morgan fingerprint density at radius 2 is 2.08 bits per heavy atom. The van der Waals surface area contributed by atoms with Gasteiger partial charge in [0, 0.05) is 36.5 Å². The van der Waals surface area contributed by atoms with Crippen LogP contribution in [0.25, 0.3) is 10.9 Å². The first-order valence-electron chi connectivity index (χ1n) is 8.65. The molecule has 2 N–H and O–H groups in total. The lowest BCUT2D eigenvalue weighted by molar-refractivity contribution is -0.154. The molecule has 3 rings (SSSR count). The fourth-order valence-corrected chi connectivity index (χ4v) is 3.34. The molecule has 24 heavy (non-hydrogen) atoms. The quantitative estimate of drug-likeness (QED) is 0.820. The Hall–Kier alpha value is -1.85. The maximum atomic E-state index is 12.1. The number of hydrogen-bond acceptors (Lipinski definition) is 3. The maximum absolute atomic E-state index is 12.1. The molecule has 0 aliphatic carbocycles. The maximum Gasteiger partial charge on any atom is 0.220 e. The molecule has 130 valence electrons. The molecule has 1 amide bonds. The van der Waals surface area contributed by atoms with Gasteiger partial charge >= 0.3 is 0 Å². The topological polar surface area (TPSA) is 63.4 Å². The number of fused-ring (bicyclic) bond motifs is 1. The molecule has 0 saturated carbocycles. The molecule has 1 aliphatic rings. The zero-order chi connectivity index (χ0) is 17.0. The smallest absolute Gasteiger partial charge is 0.220 e. The average molecular weight is 330 g/mol. The van der Waals surface area contributed by atoms with E-state index in [9.17, 15) is 4.79 Å². The predicted molar refractivity (Wildman–Crippen MR) is 93.7 cm³/mol. The summed E-state index contributed by atoms with van der Waals surface area (Å²) in [5.41, 5.74) is 2.31. The summed E-state index contributed by atoms with van der Waals surface area (Å²) in [7, 11) is 0. The van der Waals surface area contributed by atoms with Crippen LogP contribution >= 0.6 is 0 Å². The van der Waals surface area contributed by atoms with Crippen LogP contribution in [0.1, 0.15) is 32.3 Å². The summed E-state index contributed by atoms with van der Waals surface area (Å²) in [4.78, 5) is 15.4. The van der Waals surface area contributed by atoms with Crippen molar-refractivity contribution in [3.63, 3.8) is 0 Å². The van der Waals surface area contributed by atoms with E-state index >= 15 is 0 Å². The van der Waals surface area contributed by atoms with Crippen molar-refractivity contribution in [1.82, 2.24) is 10.3 Å². The lowest BCUT2D eigenvalue weighted by Gasteiger charge is -2.26. The minimum absolute atomic E-state index is 0.0885. The van der Waals surface area contributed by atoms with Gasteiger partial charge in [-0.25, -0.2) is 0 Å². The normalized spacial score (nSPS) is 17.9. The van der Waals surface area contributed by atoms with Crippen LogP contribution in [-0.2, 0) is 20.7 Å². The standard InChI is InChI=1S/C19H26N2O3/c1-14(11-19(2)23-9-10-24-19)12-21-18(22)8-7-15-13-20-17-6-4-3-5-16(15)17/h3-6,13-14,20H,7-12H2,1-2H3,(H,21,22). The van der Waals surface area contributed by atoms with Gasteiger partial charge in [0.2, 0.25) is 5.91 Å². The Labute approximate surface area is 142 Å². The van der Waals surface area contributed by atoms with Crippen LogP contribution in [0.3, 0.4) is 0 Å². The van der Waals surface area contributed by atoms with Crippen LogP contribution in [0, 0.1) is 5.92 Å². The van der Waals surface area contributed by atoms with Crippen molar-refractivity contribution in [3.05, 3.63) is 36.0 Å². The second-order valence-electron chi connectivity index (χ2n) is 6.80. The van der Waals surface area contributed by atoms with Crippen molar-refractivity contribution in [2.75, 3.05) is 19.8 Å². The van der Waals surface area contributed by atoms with Crippen molar-refractivity contribution < 1.29 is 14.3 Å². The number of para-hydroxylation sites is 1. The van der Waals surface area contributed by atoms with E-state index in [2.05, 4.69) is 23.3 Å². The van der Waals surface area contributed by atoms with Crippen LogP contribution in [0.15, 0.2) is 30.5 Å². The highest BCUT2D eigenvalue weighted by molar-refractivity contribution is 5.84. The highest BCUT2D eigenvalue weighted by Crippen LogP contribution is 2.26. The summed E-state index contributed by atoms with van der Waals surface area (Å²) in [5.74, 6) is -0.0931. The third-order valence-corrected chi connectivity index (χ3v) is 4.56. The third kappa shape index (κ3) is 4.16. The zero-order valence-corrected chi connectivity index (χ0v) is 14.4. The van der Waals surface area contributed by atoms with Crippen molar-refractivity contribution in [3.8, 4) is 0 Å². The molecule has 1 saturated heterocycles. The second-order valence-corrected chi connectivity index (χ2v) is 6.80. The molecule has 0 spiro atoms. The predicted octanol–water partition coefficient (Wildman–Crippen LogP) is 3.01. The van der Waals surface area contributed by atoms with Gasteiger partial charge in [-0.2, -0.15) is 0 Å². The molecule has 0 radical (unpaired) electrons. The Morgan fingerprint density at radius 3 is 2.88 bits per heavy atom. The first kappa shape index (κ1) is 17.0. The fraction of sp³-hybridized carbons (Fsp3) is 0.526. The van der Waals surface area contributed by atoms with Crippen LogP contribution < -0.4 is 5.32 Å². The van der Waals surface area contributed by atoms with E-state index in [0.717, 1.165) is 18.4 Å². The van der Waals surface area contributed by atoms with E-state index in [0.29, 0.717) is 32.1 Å². The van der Waals surface area contributed by atoms with E-state index in [-0.39, 0.29) is 5.91 Å². The Bertz CT molecular complexity index is 689. The Balaban J connectivity index is 1.42. The van der Waals surface area contributed by atoms with Gasteiger partial charge in [-0.3, -0.25) is 4.79 Å². The highest BCUT2D eigenvalue weighted by atomic mass is 16.7. The van der Waals surface area contributed by atoms with Crippen molar-refractivity contribution in [2.24, 2.45) is 5.92 Å². The van der Waals surface area contributed by atoms with Gasteiger partial charge in [-0.1, -0.05) is 25.1 Å². The van der Waals surface area contributed by atoms with Crippen LogP contribution in [0.4, 0.5) is 0 Å². The number of aromatic amines is 1. The van der Waals surface area contributed by atoms with Crippen LogP contribution in [0.5, 0.6) is 0 Å². The average Bonchev–Trinajstić information content (AvgIpc) is 3.17. The van der Waals surface area contributed by atoms with Gasteiger partial charge < -0.3 is 19.8 Å². The lowest BCUT2D eigenvalue weighted by Crippen LogP contribution is -2.34. The van der Waals surface area contributed by atoms with E-state index < -0.39 is 5.79 Å². The summed E-state index contributed by atoms with van der Waals surface area (Å²) in [6.07, 6.45) is 4.03. The van der Waals surface area contributed by atoms with Gasteiger partial charge in [-0.15, -0.1) is 0 Å². The molecule has 2 aromatic rings. The number of aromatic nitrogens is 1. The molecule has 1 aromatic carbocycles. The number of ether oxygens (including phenoxy) is 2. The monoisotopic (exact) mass is 330 g/mol. The number of benzene rings is 1. The number of nitrogens with one attached hydrogen (secondary N) is 2. The molecule has 0 bridgehead atoms. The fourth-order valence-electron chi connectivity index (χ4n) is 3.34. The molecule has 5 heteroatoms. The SMILES string of the molecule is CC(CNC(=O)CCc1c[nH]c2ccccc12)CC1(C)OCCO1. The number of carbonyl (C=O) groups excluding carboxylic acids is 1. The van der Waals surface area contributed by atoms with Crippen LogP contribution in [0.2, 0.25) is 0 Å². The first-order chi connectivity index (χ1) is 11.6. The van der Waals surface area contributed by atoms with E-state index in [4.69, 9.17) is 9.47 Å². The largest absolute Gasteiger partial charge is 0.361 e. The molecule has 1 fully saturated rings. The number of amides is 1. The summed E-state index contributed by atoms with van der Waals surface area (Å²) in [5, 5.41) is 4.22. The third-order valence-electron chi connectivity index (χ3n) is 4.56. The van der Waals surface area contributed by atoms with Crippen LogP contribution in [-0.4, -0.2) is 36.4 Å². The Morgan fingerprint density at radius 1 is 1.33 bits per heavy atom. The molecular formula is C19H26N2O3. The molecule has 5 nitrogen and oxygen atoms in total. The highest BCUT2D eigenvalue weighted by Gasteiger charge is 2.32. The number of hydrogen-bond donors (Lipinski definition) is 2. The van der Waals surface area contributed by atoms with Crippen molar-refractivity contribution in [1.29, 1.82) is 0 Å². The molecule has 1 unspecified atom stereocenters. The van der Waals surface area contributed by atoms with E-state index in [1.54, 1.807) is 0 Å². The molecule has 1 atom stereocenters. The molecule has 1 aromatic heterocycles. The summed E-state index contributed by atoms with van der Waals surface area (Å²) in [6, 6.07) is 8.17. The van der Waals surface area contributed by atoms with Crippen molar-refractivity contribution >= 4 is 16.8 Å². The minimum atomic E-state index is -0.492. The van der Waals surface area contributed by atoms with Gasteiger partial charge in [0.25, 0.3) is 0 Å². The van der Waals surface area contributed by atoms with Gasteiger partial charge in [0.1, 0.15) is 0 Å². The number of H-pyrrole nitrogens is 1. The molecule has 1 aliphatic heterocycles. The van der Waals surface area contributed by atoms with Crippen molar-refractivity contribution in [2.45, 2.75) is 38.9 Å². The summed E-state index contributed by atoms with van der Waals surface area (Å²) >= 11 is 0. The van der Waals surface area contributed by atoms with Gasteiger partial charge in [0.05, 0.1) is 13.2 Å². The number of rotatable bonds is 7. The molecule has 2 heterocycles. The Kier molecular flexibility index (Phi) is 5.21. The number of carbonyl (C=O) groups is 1. The van der Waals surface area contributed by atoms with E-state index in [1.165, 1.54) is 10.9 Å². The lowest BCUT2D eigenvalue weighted by atomic mass is 10.0. The summed E-state index contributed by atoms with van der Waals surface area (Å²) in [6.45, 7) is 6.03. The van der Waals surface area contributed by atoms with E-state index in [1.807, 2.05) is 31.3 Å². The number of aryl methyl sites for hydroxylation is 1. The zero-order valence-electron chi connectivity index (χ0n) is 14.4. The summed E-state index contributed by atoms with van der Waals surface area (Å²) < 4.78 is 11.2. The van der Waals surface area contributed by atoms with Gasteiger partial charge in [0.15, 0.2) is 5.79 Å². The van der Waals surface area contributed by atoms with Gasteiger partial charge in [-0.05, 0) is 30.9 Å². The second kappa shape index (κ2) is 7.36. The molecular weight excluding hydrogens is 304 g/mol.